The van der Waals surface area contributed by atoms with Gasteiger partial charge in [0.25, 0.3) is 10.0 Å². The summed E-state index contributed by atoms with van der Waals surface area (Å²) < 4.78 is 35.0. The van der Waals surface area contributed by atoms with Crippen molar-refractivity contribution in [1.82, 2.24) is 10.2 Å². The van der Waals surface area contributed by atoms with E-state index in [-0.39, 0.29) is 29.1 Å². The molecule has 1 atom stereocenters. The summed E-state index contributed by atoms with van der Waals surface area (Å²) in [4.78, 5) is 29.0. The maximum absolute atomic E-state index is 14.2. The fourth-order valence-electron chi connectivity index (χ4n) is 5.08. The lowest BCUT2D eigenvalue weighted by molar-refractivity contribution is -0.139. The molecule has 0 aromatic heterocycles. The van der Waals surface area contributed by atoms with Crippen molar-refractivity contribution < 1.29 is 22.7 Å². The summed E-state index contributed by atoms with van der Waals surface area (Å²) in [6, 6.07) is 19.5. The molecule has 0 aliphatic heterocycles. The molecule has 8 nitrogen and oxygen atoms in total. The fraction of sp³-hybridized carbons (Fsp3) is 0.375. The van der Waals surface area contributed by atoms with Crippen molar-refractivity contribution in [3.05, 3.63) is 88.9 Å². The van der Waals surface area contributed by atoms with Gasteiger partial charge in [-0.25, -0.2) is 8.42 Å². The first kappa shape index (κ1) is 31.4. The summed E-state index contributed by atoms with van der Waals surface area (Å²) >= 11 is 6.46. The number of ether oxygens (including phenoxy) is 1. The molecule has 4 rings (SSSR count). The lowest BCUT2D eigenvalue weighted by Crippen LogP contribution is -2.52. The van der Waals surface area contributed by atoms with Gasteiger partial charge in [0.15, 0.2) is 0 Å². The highest BCUT2D eigenvalue weighted by molar-refractivity contribution is 7.92. The van der Waals surface area contributed by atoms with Gasteiger partial charge in [-0.15, -0.1) is 0 Å². The molecule has 1 aliphatic carbocycles. The maximum Gasteiger partial charge on any atom is 0.264 e. The van der Waals surface area contributed by atoms with Crippen molar-refractivity contribution in [3.63, 3.8) is 0 Å². The van der Waals surface area contributed by atoms with Crippen molar-refractivity contribution in [2.24, 2.45) is 0 Å². The Hall–Kier alpha value is -3.56. The van der Waals surface area contributed by atoms with Crippen LogP contribution in [0.1, 0.15) is 50.7 Å². The SMILES string of the molecule is CCOc1ccccc1N(CC(=O)N(Cc1ccccc1Cl)[C@H](C)C(=O)NC1CCCC1)S(=O)(=O)c1ccc(C)cc1. The molecule has 0 radical (unpaired) electrons. The Morgan fingerprint density at radius 2 is 1.64 bits per heavy atom. The Kier molecular flexibility index (Phi) is 10.5. The van der Waals surface area contributed by atoms with E-state index in [0.717, 1.165) is 35.6 Å². The zero-order valence-corrected chi connectivity index (χ0v) is 25.8. The Balaban J connectivity index is 1.73. The molecule has 224 valence electrons. The van der Waals surface area contributed by atoms with E-state index >= 15 is 0 Å². The van der Waals surface area contributed by atoms with E-state index in [1.807, 2.05) is 6.92 Å². The van der Waals surface area contributed by atoms with E-state index in [0.29, 0.717) is 22.9 Å². The van der Waals surface area contributed by atoms with E-state index in [1.54, 1.807) is 74.5 Å². The third kappa shape index (κ3) is 7.44. The Morgan fingerprint density at radius 3 is 2.31 bits per heavy atom. The lowest BCUT2D eigenvalue weighted by atomic mass is 10.1. The van der Waals surface area contributed by atoms with Crippen molar-refractivity contribution in [3.8, 4) is 5.75 Å². The number of amides is 2. The van der Waals surface area contributed by atoms with Crippen LogP contribution in [0.2, 0.25) is 5.02 Å². The van der Waals surface area contributed by atoms with E-state index in [4.69, 9.17) is 16.3 Å². The summed E-state index contributed by atoms with van der Waals surface area (Å²) in [5.74, 6) is -0.510. The van der Waals surface area contributed by atoms with E-state index in [2.05, 4.69) is 5.32 Å². The minimum atomic E-state index is -4.21. The third-order valence-corrected chi connectivity index (χ3v) is 9.63. The van der Waals surface area contributed by atoms with Gasteiger partial charge in [-0.1, -0.05) is 72.5 Å². The molecule has 42 heavy (non-hydrogen) atoms. The van der Waals surface area contributed by atoms with Crippen LogP contribution in [0.3, 0.4) is 0 Å². The summed E-state index contributed by atoms with van der Waals surface area (Å²) in [5.41, 5.74) is 1.78. The first-order chi connectivity index (χ1) is 20.1. The second kappa shape index (κ2) is 14.1. The third-order valence-electron chi connectivity index (χ3n) is 7.49. The number of hydrogen-bond donors (Lipinski definition) is 1. The highest BCUT2D eigenvalue weighted by atomic mass is 35.5. The topological polar surface area (TPSA) is 96.0 Å². The molecule has 3 aromatic rings. The monoisotopic (exact) mass is 611 g/mol. The molecule has 3 aromatic carbocycles. The molecule has 1 aliphatic rings. The van der Waals surface area contributed by atoms with Crippen molar-refractivity contribution >= 4 is 39.1 Å². The van der Waals surface area contributed by atoms with Gasteiger partial charge in [0.2, 0.25) is 11.8 Å². The number of anilines is 1. The Bertz CT molecular complexity index is 1490. The average molecular weight is 612 g/mol. The van der Waals surface area contributed by atoms with Gasteiger partial charge in [0, 0.05) is 17.6 Å². The second-order valence-corrected chi connectivity index (χ2v) is 12.8. The van der Waals surface area contributed by atoms with Gasteiger partial charge in [-0.05, 0) is 69.5 Å². The van der Waals surface area contributed by atoms with Gasteiger partial charge >= 0.3 is 0 Å². The average Bonchev–Trinajstić information content (AvgIpc) is 3.49. The Morgan fingerprint density at radius 1 is 1.00 bits per heavy atom. The van der Waals surface area contributed by atoms with Gasteiger partial charge in [0.1, 0.15) is 18.3 Å². The zero-order chi connectivity index (χ0) is 30.3. The fourth-order valence-corrected chi connectivity index (χ4v) is 6.70. The molecule has 0 heterocycles. The Labute approximate surface area is 253 Å². The number of para-hydroxylation sites is 2. The first-order valence-corrected chi connectivity index (χ1v) is 16.1. The normalized spacial score (nSPS) is 14.3. The molecule has 1 saturated carbocycles. The molecular weight excluding hydrogens is 574 g/mol. The number of halogens is 1. The van der Waals surface area contributed by atoms with Crippen molar-refractivity contribution in [2.45, 2.75) is 70.0 Å². The van der Waals surface area contributed by atoms with E-state index in [9.17, 15) is 18.0 Å². The van der Waals surface area contributed by atoms with Gasteiger partial charge in [-0.2, -0.15) is 0 Å². The largest absolute Gasteiger partial charge is 0.492 e. The lowest BCUT2D eigenvalue weighted by Gasteiger charge is -2.33. The minimum Gasteiger partial charge on any atom is -0.492 e. The second-order valence-electron chi connectivity index (χ2n) is 10.5. The number of rotatable bonds is 12. The predicted octanol–water partition coefficient (Wildman–Crippen LogP) is 5.72. The number of carbonyl (C=O) groups excluding carboxylic acids is 2. The number of nitrogens with one attached hydrogen (secondary N) is 1. The molecule has 2 amide bonds. The highest BCUT2D eigenvalue weighted by Crippen LogP contribution is 2.33. The van der Waals surface area contributed by atoms with Crippen LogP contribution in [-0.2, 0) is 26.2 Å². The molecule has 0 spiro atoms. The van der Waals surface area contributed by atoms with Crippen LogP contribution < -0.4 is 14.4 Å². The summed E-state index contributed by atoms with van der Waals surface area (Å²) in [6.45, 7) is 5.12. The van der Waals surface area contributed by atoms with Crippen molar-refractivity contribution in [1.29, 1.82) is 0 Å². The van der Waals surface area contributed by atoms with Crippen LogP contribution in [0, 0.1) is 6.92 Å². The molecule has 0 unspecified atom stereocenters. The molecule has 0 bridgehead atoms. The number of benzene rings is 3. The number of carbonyl (C=O) groups is 2. The van der Waals surface area contributed by atoms with Gasteiger partial charge in [-0.3, -0.25) is 13.9 Å². The molecule has 0 saturated heterocycles. The van der Waals surface area contributed by atoms with Crippen LogP contribution in [0.5, 0.6) is 5.75 Å². The molecule has 10 heteroatoms. The van der Waals surface area contributed by atoms with Crippen LogP contribution in [0.15, 0.2) is 77.7 Å². The van der Waals surface area contributed by atoms with Crippen molar-refractivity contribution in [2.75, 3.05) is 17.5 Å². The summed E-state index contributed by atoms with van der Waals surface area (Å²) in [5, 5.41) is 3.52. The number of nitrogens with zero attached hydrogens (tertiary/aromatic N) is 2. The summed E-state index contributed by atoms with van der Waals surface area (Å²) in [6.07, 6.45) is 3.89. The minimum absolute atomic E-state index is 0.0310. The predicted molar refractivity (Wildman–Crippen MR) is 165 cm³/mol. The maximum atomic E-state index is 14.2. The molecular formula is C32H38ClN3O5S. The first-order valence-electron chi connectivity index (χ1n) is 14.3. The number of sulfonamides is 1. The number of aryl methyl sites for hydroxylation is 1. The number of hydrogen-bond acceptors (Lipinski definition) is 5. The van der Waals surface area contributed by atoms with E-state index in [1.165, 1.54) is 17.0 Å². The van der Waals surface area contributed by atoms with Crippen LogP contribution in [-0.4, -0.2) is 50.4 Å². The highest BCUT2D eigenvalue weighted by Gasteiger charge is 2.34. The van der Waals surface area contributed by atoms with Crippen LogP contribution in [0.4, 0.5) is 5.69 Å². The summed E-state index contributed by atoms with van der Waals surface area (Å²) in [7, 11) is -4.21. The van der Waals surface area contributed by atoms with Crippen LogP contribution in [0.25, 0.3) is 0 Å². The zero-order valence-electron chi connectivity index (χ0n) is 24.3. The van der Waals surface area contributed by atoms with Gasteiger partial charge in [0.05, 0.1) is 17.2 Å². The molecule has 1 fully saturated rings. The standard InChI is InChI=1S/C32H38ClN3O5S/c1-4-41-30-16-10-9-15-29(30)36(42(39,40)27-19-17-23(2)18-20-27)22-31(37)35(21-25-11-5-8-14-28(25)33)24(3)32(38)34-26-12-6-7-13-26/h5,8-11,14-20,24,26H,4,6-7,12-13,21-22H2,1-3H3,(H,34,38)/t24-/m1/s1. The van der Waals surface area contributed by atoms with Gasteiger partial charge < -0.3 is 15.0 Å². The molecule has 1 N–H and O–H groups in total. The smallest absolute Gasteiger partial charge is 0.264 e. The van der Waals surface area contributed by atoms with Crippen LogP contribution >= 0.6 is 11.6 Å². The quantitative estimate of drug-likeness (QED) is 0.283. The van der Waals surface area contributed by atoms with E-state index < -0.39 is 28.5 Å².